The van der Waals surface area contributed by atoms with Gasteiger partial charge in [0.15, 0.2) is 11.6 Å². The summed E-state index contributed by atoms with van der Waals surface area (Å²) in [6.07, 6.45) is 2.94. The molecule has 1 aromatic heterocycles. The van der Waals surface area contributed by atoms with Crippen molar-refractivity contribution in [2.24, 2.45) is 11.3 Å². The van der Waals surface area contributed by atoms with Crippen LogP contribution in [0.25, 0.3) is 10.8 Å². The number of likely N-dealkylation sites (tertiary alicyclic amines) is 1. The molecule has 12 nitrogen and oxygen atoms in total. The number of carbonyl (C=O) groups is 3. The predicted octanol–water partition coefficient (Wildman–Crippen LogP) is 4.72. The predicted molar refractivity (Wildman–Crippen MR) is 190 cm³/mol. The van der Waals surface area contributed by atoms with Gasteiger partial charge in [0.05, 0.1) is 25.1 Å². The first-order valence-electron chi connectivity index (χ1n) is 17.3. The molecule has 2 heterocycles. The highest BCUT2D eigenvalue weighted by molar-refractivity contribution is 7.91. The maximum atomic E-state index is 14.6. The number of ether oxygens (including phenoxy) is 2. The van der Waals surface area contributed by atoms with Crippen molar-refractivity contribution in [3.05, 3.63) is 71.9 Å². The van der Waals surface area contributed by atoms with E-state index >= 15 is 0 Å². The topological polar surface area (TPSA) is 156 Å². The number of nitrogens with one attached hydrogen (secondary N) is 3. The van der Waals surface area contributed by atoms with Gasteiger partial charge >= 0.3 is 0 Å². The molecule has 3 aliphatic rings. The molecular weight excluding hydrogens is 720 g/mol. The second-order valence-corrected chi connectivity index (χ2v) is 16.6. The number of halogens is 3. The van der Waals surface area contributed by atoms with Gasteiger partial charge in [-0.2, -0.15) is 0 Å². The smallest absolute Gasteiger partial charge is 0.259 e. The van der Waals surface area contributed by atoms with Crippen molar-refractivity contribution in [1.82, 2.24) is 19.9 Å². The van der Waals surface area contributed by atoms with Gasteiger partial charge in [-0.1, -0.05) is 38.4 Å². The van der Waals surface area contributed by atoms with Crippen molar-refractivity contribution >= 4 is 55.8 Å². The summed E-state index contributed by atoms with van der Waals surface area (Å²) in [6, 6.07) is 5.63. The van der Waals surface area contributed by atoms with E-state index in [9.17, 15) is 31.6 Å². The van der Waals surface area contributed by atoms with Gasteiger partial charge in [-0.15, -0.1) is 6.58 Å². The van der Waals surface area contributed by atoms with Gasteiger partial charge in [0.2, 0.25) is 27.7 Å². The number of amides is 3. The van der Waals surface area contributed by atoms with Gasteiger partial charge in [-0.25, -0.2) is 22.2 Å². The maximum absolute atomic E-state index is 14.6. The van der Waals surface area contributed by atoms with Gasteiger partial charge in [0.25, 0.3) is 5.91 Å². The molecule has 0 spiro atoms. The first kappa shape index (κ1) is 35.9. The molecule has 278 valence electrons. The van der Waals surface area contributed by atoms with Gasteiger partial charge < -0.3 is 25.0 Å². The average Bonchev–Trinajstić information content (AvgIpc) is 4.05. The number of hydrogen-bond donors (Lipinski definition) is 3. The first-order valence-corrected chi connectivity index (χ1v) is 18.6. The Morgan fingerprint density at radius 3 is 2.56 bits per heavy atom. The van der Waals surface area contributed by atoms with Crippen molar-refractivity contribution in [3.63, 3.8) is 0 Å². The summed E-state index contributed by atoms with van der Waals surface area (Å²) in [5.74, 6) is -4.51. The van der Waals surface area contributed by atoms with Crippen LogP contribution in [0.4, 0.5) is 14.5 Å². The van der Waals surface area contributed by atoms with Crippen LogP contribution in [0.2, 0.25) is 5.02 Å². The molecule has 2 saturated carbocycles. The molecule has 0 radical (unpaired) electrons. The summed E-state index contributed by atoms with van der Waals surface area (Å²) in [4.78, 5) is 48.1. The molecule has 5 atom stereocenters. The van der Waals surface area contributed by atoms with Crippen LogP contribution in [0.5, 0.6) is 11.6 Å². The molecule has 1 saturated heterocycles. The van der Waals surface area contributed by atoms with Crippen molar-refractivity contribution in [2.45, 2.75) is 75.4 Å². The second-order valence-electron chi connectivity index (χ2n) is 14.2. The van der Waals surface area contributed by atoms with Gasteiger partial charge in [0.1, 0.15) is 29.5 Å². The highest BCUT2D eigenvalue weighted by atomic mass is 35.5. The van der Waals surface area contributed by atoms with Crippen molar-refractivity contribution in [1.29, 1.82) is 0 Å². The number of anilines is 1. The van der Waals surface area contributed by atoms with Gasteiger partial charge in [0, 0.05) is 41.3 Å². The zero-order chi connectivity index (χ0) is 38.5. The Labute approximate surface area is 306 Å². The molecule has 52 heavy (non-hydrogen) atoms. The molecule has 0 unspecified atom stereocenters. The van der Waals surface area contributed by atoms with Crippen LogP contribution in [-0.4, -0.2) is 78.7 Å². The molecule has 3 N–H and O–H groups in total. The number of fused-ring (bicyclic) bond motifs is 1. The Bertz CT molecular complexity index is 2090. The third-order valence-corrected chi connectivity index (χ3v) is 11.7. The van der Waals surface area contributed by atoms with Crippen LogP contribution in [0, 0.1) is 23.0 Å². The number of rotatable bonds is 12. The van der Waals surface area contributed by atoms with Crippen LogP contribution in [0.3, 0.4) is 0 Å². The van der Waals surface area contributed by atoms with Crippen LogP contribution in [-0.2, 0) is 24.4 Å². The lowest BCUT2D eigenvalue weighted by molar-refractivity contribution is -0.141. The summed E-state index contributed by atoms with van der Waals surface area (Å²) in [6.45, 7) is 6.60. The third kappa shape index (κ3) is 7.38. The lowest BCUT2D eigenvalue weighted by Crippen LogP contribution is -2.58. The molecular formula is C36H40ClF2N5O7S. The molecule has 3 aromatic rings. The fourth-order valence-corrected chi connectivity index (χ4v) is 8.02. The number of hydrogen-bond acceptors (Lipinski definition) is 9. The van der Waals surface area contributed by atoms with E-state index < -0.39 is 79.7 Å². The standard InChI is InChI=1S/C36H40ClF2N5O7S/c1-6-19-16-36(19,34(47)43-52(48,49)23-9-10-23)42-31(45)28-15-22(51-32-25-13-20(37)7-11-24(25)29(50-5)17-40-32)18-44(28)33(46)30(35(2,3)4)41-21-8-12-26(38)27(39)14-21/h6-8,11-14,17,19,22-23,28,30,41H,1,9-10,15-16,18H2,2-5H3,(H,42,45)(H,43,47)/t19-,22-,28+,30-,36-/m1/s1/i2D. The molecule has 1 aliphatic heterocycles. The van der Waals surface area contributed by atoms with E-state index in [0.717, 1.165) is 12.1 Å². The first-order chi connectivity index (χ1) is 25.0. The van der Waals surface area contributed by atoms with E-state index in [0.29, 0.717) is 34.4 Å². The Kier molecular flexibility index (Phi) is 9.53. The van der Waals surface area contributed by atoms with Crippen LogP contribution < -0.4 is 24.8 Å². The monoisotopic (exact) mass is 760 g/mol. The minimum Gasteiger partial charge on any atom is -0.494 e. The lowest BCUT2D eigenvalue weighted by Gasteiger charge is -2.36. The minimum absolute atomic E-state index is 0.0712. The molecule has 0 bridgehead atoms. The Balaban J connectivity index is 1.34. The van der Waals surface area contributed by atoms with E-state index in [1.165, 1.54) is 30.3 Å². The molecule has 16 heteroatoms. The normalized spacial score (nSPS) is 23.7. The van der Waals surface area contributed by atoms with E-state index in [-0.39, 0.29) is 37.9 Å². The van der Waals surface area contributed by atoms with Gasteiger partial charge in [-0.05, 0) is 55.0 Å². The SMILES string of the molecule is [2H]CC(C)(C)[C@H](Nc1ccc(F)c(F)c1)C(=O)N1C[C@H](Oc2ncc(OC)c3ccc(Cl)cc23)C[C@H]1C(=O)N[C@]1(C(=O)NS(=O)(=O)C2CC2)C[C@H]1C=C. The fourth-order valence-electron chi connectivity index (χ4n) is 6.48. The fraction of sp³-hybridized carbons (Fsp3) is 0.444. The van der Waals surface area contributed by atoms with Crippen molar-refractivity contribution < 1.29 is 42.4 Å². The number of methoxy groups -OCH3 is 1. The van der Waals surface area contributed by atoms with Gasteiger partial charge in [-0.3, -0.25) is 19.1 Å². The minimum atomic E-state index is -3.95. The van der Waals surface area contributed by atoms with E-state index in [1.54, 1.807) is 32.0 Å². The number of aromatic nitrogens is 1. The average molecular weight is 761 g/mol. The number of benzene rings is 2. The summed E-state index contributed by atoms with van der Waals surface area (Å²) in [5, 5.41) is 6.55. The Morgan fingerprint density at radius 1 is 1.17 bits per heavy atom. The summed E-state index contributed by atoms with van der Waals surface area (Å²) < 4.78 is 75.6. The second kappa shape index (κ2) is 13.8. The third-order valence-electron chi connectivity index (χ3n) is 9.63. The molecule has 2 aromatic carbocycles. The summed E-state index contributed by atoms with van der Waals surface area (Å²) in [5.41, 5.74) is -2.65. The Hall–Kier alpha value is -4.50. The number of pyridine rings is 1. The molecule has 3 amide bonds. The molecule has 2 aliphatic carbocycles. The highest BCUT2D eigenvalue weighted by Gasteiger charge is 2.62. The zero-order valence-electron chi connectivity index (χ0n) is 29.7. The van der Waals surface area contributed by atoms with Crippen LogP contribution in [0.15, 0.2) is 55.3 Å². The number of carbonyl (C=O) groups excluding carboxylic acids is 3. The largest absolute Gasteiger partial charge is 0.494 e. The van der Waals surface area contributed by atoms with Crippen molar-refractivity contribution in [2.75, 3.05) is 19.0 Å². The van der Waals surface area contributed by atoms with E-state index in [1.807, 2.05) is 0 Å². The molecule has 6 rings (SSSR count). The van der Waals surface area contributed by atoms with Crippen LogP contribution >= 0.6 is 11.6 Å². The number of nitrogens with zero attached hydrogens (tertiary/aromatic N) is 2. The zero-order valence-corrected chi connectivity index (χ0v) is 30.3. The Morgan fingerprint density at radius 2 is 1.92 bits per heavy atom. The van der Waals surface area contributed by atoms with E-state index in [2.05, 4.69) is 26.9 Å². The lowest BCUT2D eigenvalue weighted by atomic mass is 9.85. The summed E-state index contributed by atoms with van der Waals surface area (Å²) in [7, 11) is -2.46. The number of sulfonamides is 1. The highest BCUT2D eigenvalue weighted by Crippen LogP contribution is 2.46. The molecule has 3 fully saturated rings. The summed E-state index contributed by atoms with van der Waals surface area (Å²) >= 11 is 6.31. The maximum Gasteiger partial charge on any atom is 0.259 e. The van der Waals surface area contributed by atoms with Crippen LogP contribution in [0.1, 0.15) is 47.8 Å². The quantitative estimate of drug-likeness (QED) is 0.223. The van der Waals surface area contributed by atoms with E-state index in [4.69, 9.17) is 22.4 Å². The van der Waals surface area contributed by atoms with Crippen molar-refractivity contribution in [3.8, 4) is 11.6 Å².